The SMILES string of the molecule is Cc1nc2ccc(CCNC(=O)NCC(C)(C)C)cc2[nH]1. The van der Waals surface area contributed by atoms with Crippen molar-refractivity contribution in [2.45, 2.75) is 34.1 Å². The fourth-order valence-electron chi connectivity index (χ4n) is 2.07. The van der Waals surface area contributed by atoms with E-state index < -0.39 is 0 Å². The first-order valence-electron chi connectivity index (χ1n) is 7.30. The van der Waals surface area contributed by atoms with Gasteiger partial charge in [0.25, 0.3) is 0 Å². The molecule has 3 N–H and O–H groups in total. The number of aromatic nitrogens is 2. The van der Waals surface area contributed by atoms with Gasteiger partial charge in [0.05, 0.1) is 11.0 Å². The average Bonchev–Trinajstić information content (AvgIpc) is 2.75. The van der Waals surface area contributed by atoms with Crippen molar-refractivity contribution >= 4 is 17.1 Å². The van der Waals surface area contributed by atoms with Crippen molar-refractivity contribution in [3.8, 4) is 0 Å². The predicted molar refractivity (Wildman–Crippen MR) is 85.4 cm³/mol. The number of nitrogens with one attached hydrogen (secondary N) is 3. The van der Waals surface area contributed by atoms with Crippen molar-refractivity contribution in [1.82, 2.24) is 20.6 Å². The van der Waals surface area contributed by atoms with Crippen LogP contribution in [-0.2, 0) is 6.42 Å². The molecule has 0 aliphatic carbocycles. The van der Waals surface area contributed by atoms with Gasteiger partial charge in [0.1, 0.15) is 5.82 Å². The Balaban J connectivity index is 1.80. The first-order chi connectivity index (χ1) is 9.83. The molecule has 5 nitrogen and oxygen atoms in total. The Bertz CT molecular complexity index is 625. The van der Waals surface area contributed by atoms with Gasteiger partial charge < -0.3 is 15.6 Å². The van der Waals surface area contributed by atoms with Crippen LogP contribution < -0.4 is 10.6 Å². The number of imidazole rings is 1. The zero-order valence-electron chi connectivity index (χ0n) is 13.2. The molecule has 0 bridgehead atoms. The monoisotopic (exact) mass is 288 g/mol. The lowest BCUT2D eigenvalue weighted by Gasteiger charge is -2.18. The van der Waals surface area contributed by atoms with Crippen LogP contribution in [0.3, 0.4) is 0 Å². The molecule has 0 saturated heterocycles. The van der Waals surface area contributed by atoms with Crippen molar-refractivity contribution in [3.05, 3.63) is 29.6 Å². The highest BCUT2D eigenvalue weighted by Gasteiger charge is 2.11. The number of nitrogens with zero attached hydrogens (tertiary/aromatic N) is 1. The molecule has 1 heterocycles. The van der Waals surface area contributed by atoms with Gasteiger partial charge in [0.2, 0.25) is 0 Å². The molecule has 2 aromatic rings. The number of carbonyl (C=O) groups is 1. The number of aromatic amines is 1. The van der Waals surface area contributed by atoms with Gasteiger partial charge in [-0.15, -0.1) is 0 Å². The average molecular weight is 288 g/mol. The highest BCUT2D eigenvalue weighted by molar-refractivity contribution is 5.76. The number of aryl methyl sites for hydroxylation is 1. The van der Waals surface area contributed by atoms with Crippen LogP contribution >= 0.6 is 0 Å². The molecular formula is C16H24N4O. The predicted octanol–water partition coefficient (Wildman–Crippen LogP) is 2.76. The third-order valence-electron chi connectivity index (χ3n) is 3.14. The summed E-state index contributed by atoms with van der Waals surface area (Å²) in [4.78, 5) is 19.3. The minimum Gasteiger partial charge on any atom is -0.342 e. The van der Waals surface area contributed by atoms with E-state index in [-0.39, 0.29) is 11.4 Å². The van der Waals surface area contributed by atoms with E-state index in [9.17, 15) is 4.79 Å². The maximum Gasteiger partial charge on any atom is 0.314 e. The van der Waals surface area contributed by atoms with Crippen LogP contribution in [0.25, 0.3) is 11.0 Å². The van der Waals surface area contributed by atoms with Gasteiger partial charge in [-0.25, -0.2) is 9.78 Å². The highest BCUT2D eigenvalue weighted by atomic mass is 16.2. The van der Waals surface area contributed by atoms with E-state index in [1.54, 1.807) is 0 Å². The Hall–Kier alpha value is -2.04. The molecule has 21 heavy (non-hydrogen) atoms. The van der Waals surface area contributed by atoms with Crippen LogP contribution in [0.4, 0.5) is 4.79 Å². The summed E-state index contributed by atoms with van der Waals surface area (Å²) in [7, 11) is 0. The van der Waals surface area contributed by atoms with Crippen LogP contribution in [0.15, 0.2) is 18.2 Å². The summed E-state index contributed by atoms with van der Waals surface area (Å²) >= 11 is 0. The van der Waals surface area contributed by atoms with E-state index in [4.69, 9.17) is 0 Å². The lowest BCUT2D eigenvalue weighted by atomic mass is 9.97. The molecule has 2 amide bonds. The molecule has 0 saturated carbocycles. The number of benzene rings is 1. The number of hydrogen-bond donors (Lipinski definition) is 3. The Morgan fingerprint density at radius 2 is 2.05 bits per heavy atom. The topological polar surface area (TPSA) is 69.8 Å². The summed E-state index contributed by atoms with van der Waals surface area (Å²) in [5.74, 6) is 0.918. The number of carbonyl (C=O) groups excluding carboxylic acids is 1. The second-order valence-corrected chi connectivity index (χ2v) is 6.59. The third-order valence-corrected chi connectivity index (χ3v) is 3.14. The molecule has 5 heteroatoms. The Labute approximate surface area is 125 Å². The second kappa shape index (κ2) is 6.16. The summed E-state index contributed by atoms with van der Waals surface area (Å²) in [5, 5.41) is 5.76. The minimum atomic E-state index is -0.108. The van der Waals surface area contributed by atoms with Gasteiger partial charge >= 0.3 is 6.03 Å². The van der Waals surface area contributed by atoms with E-state index in [1.807, 2.05) is 13.0 Å². The maximum absolute atomic E-state index is 11.7. The summed E-state index contributed by atoms with van der Waals surface area (Å²) in [5.41, 5.74) is 3.30. The summed E-state index contributed by atoms with van der Waals surface area (Å²) in [6.07, 6.45) is 0.803. The standard InChI is InChI=1S/C16H24N4O/c1-11-19-13-6-5-12(9-14(13)20-11)7-8-17-15(21)18-10-16(2,3)4/h5-6,9H,7-8,10H2,1-4H3,(H,19,20)(H2,17,18,21). The molecule has 114 valence electrons. The molecule has 0 spiro atoms. The summed E-state index contributed by atoms with van der Waals surface area (Å²) in [6.45, 7) is 9.51. The van der Waals surface area contributed by atoms with E-state index in [2.05, 4.69) is 53.5 Å². The van der Waals surface area contributed by atoms with E-state index in [0.29, 0.717) is 13.1 Å². The van der Waals surface area contributed by atoms with Gasteiger partial charge in [-0.05, 0) is 36.5 Å². The van der Waals surface area contributed by atoms with E-state index in [1.165, 1.54) is 5.56 Å². The fraction of sp³-hybridized carbons (Fsp3) is 0.500. The highest BCUT2D eigenvalue weighted by Crippen LogP contribution is 2.13. The number of urea groups is 1. The summed E-state index contributed by atoms with van der Waals surface area (Å²) in [6, 6.07) is 6.04. The Morgan fingerprint density at radius 1 is 1.29 bits per heavy atom. The summed E-state index contributed by atoms with van der Waals surface area (Å²) < 4.78 is 0. The molecule has 0 unspecified atom stereocenters. The second-order valence-electron chi connectivity index (χ2n) is 6.59. The fourth-order valence-corrected chi connectivity index (χ4v) is 2.07. The Morgan fingerprint density at radius 3 is 2.76 bits per heavy atom. The molecule has 2 rings (SSSR count). The maximum atomic E-state index is 11.7. The normalized spacial score (nSPS) is 11.6. The molecule has 1 aromatic heterocycles. The number of rotatable bonds is 4. The van der Waals surface area contributed by atoms with Crippen molar-refractivity contribution in [3.63, 3.8) is 0 Å². The quantitative estimate of drug-likeness (QED) is 0.809. The first kappa shape index (κ1) is 15.4. The molecule has 1 aromatic carbocycles. The van der Waals surface area contributed by atoms with Gasteiger partial charge in [0.15, 0.2) is 0 Å². The first-order valence-corrected chi connectivity index (χ1v) is 7.30. The molecule has 0 fully saturated rings. The van der Waals surface area contributed by atoms with Crippen LogP contribution in [0.1, 0.15) is 32.2 Å². The van der Waals surface area contributed by atoms with Crippen LogP contribution in [0.5, 0.6) is 0 Å². The number of H-pyrrole nitrogens is 1. The van der Waals surface area contributed by atoms with Crippen LogP contribution in [0, 0.1) is 12.3 Å². The van der Waals surface area contributed by atoms with Gasteiger partial charge in [-0.3, -0.25) is 0 Å². The minimum absolute atomic E-state index is 0.0981. The molecular weight excluding hydrogens is 264 g/mol. The van der Waals surface area contributed by atoms with Crippen molar-refractivity contribution in [2.24, 2.45) is 5.41 Å². The lowest BCUT2D eigenvalue weighted by Crippen LogP contribution is -2.40. The van der Waals surface area contributed by atoms with Gasteiger partial charge in [-0.2, -0.15) is 0 Å². The number of hydrogen-bond acceptors (Lipinski definition) is 2. The van der Waals surface area contributed by atoms with Crippen molar-refractivity contribution in [1.29, 1.82) is 0 Å². The number of amides is 2. The van der Waals surface area contributed by atoms with Crippen molar-refractivity contribution < 1.29 is 4.79 Å². The largest absolute Gasteiger partial charge is 0.342 e. The van der Waals surface area contributed by atoms with Gasteiger partial charge in [0, 0.05) is 13.1 Å². The molecule has 0 atom stereocenters. The lowest BCUT2D eigenvalue weighted by molar-refractivity contribution is 0.235. The molecule has 0 radical (unpaired) electrons. The Kier molecular flexibility index (Phi) is 4.50. The van der Waals surface area contributed by atoms with Crippen LogP contribution in [-0.4, -0.2) is 29.1 Å². The molecule has 0 aliphatic heterocycles. The van der Waals surface area contributed by atoms with Crippen molar-refractivity contribution in [2.75, 3.05) is 13.1 Å². The van der Waals surface area contributed by atoms with E-state index in [0.717, 1.165) is 23.3 Å². The van der Waals surface area contributed by atoms with Crippen LogP contribution in [0.2, 0.25) is 0 Å². The zero-order valence-corrected chi connectivity index (χ0v) is 13.2. The van der Waals surface area contributed by atoms with Gasteiger partial charge in [-0.1, -0.05) is 26.8 Å². The molecule has 0 aliphatic rings. The smallest absolute Gasteiger partial charge is 0.314 e. The zero-order chi connectivity index (χ0) is 15.5. The van der Waals surface area contributed by atoms with E-state index >= 15 is 0 Å². The third kappa shape index (κ3) is 4.77. The number of fused-ring (bicyclic) bond motifs is 1.